The molecule has 0 N–H and O–H groups in total. The fourth-order valence-electron chi connectivity index (χ4n) is 4.39. The average Bonchev–Trinajstić information content (AvgIpc) is 3.30. The summed E-state index contributed by atoms with van der Waals surface area (Å²) in [6.45, 7) is 4.10. The SMILES string of the molecule is O=C(c1cccc(F)c1)N1CCC2(CCCN2CC2CC2)CC1. The molecule has 1 amide bonds. The van der Waals surface area contributed by atoms with Crippen LogP contribution in [0.3, 0.4) is 0 Å². The first-order chi connectivity index (χ1) is 11.2. The van der Waals surface area contributed by atoms with Crippen molar-refractivity contribution < 1.29 is 9.18 Å². The molecule has 4 rings (SSSR count). The highest BCUT2D eigenvalue weighted by Gasteiger charge is 2.45. The minimum Gasteiger partial charge on any atom is -0.339 e. The number of carbonyl (C=O) groups excluding carboxylic acids is 1. The molecule has 2 heterocycles. The van der Waals surface area contributed by atoms with Gasteiger partial charge in [-0.15, -0.1) is 0 Å². The van der Waals surface area contributed by atoms with E-state index >= 15 is 0 Å². The minimum absolute atomic E-state index is 0.0221. The van der Waals surface area contributed by atoms with Gasteiger partial charge in [0.1, 0.15) is 5.82 Å². The van der Waals surface area contributed by atoms with Crippen LogP contribution in [0.5, 0.6) is 0 Å². The molecule has 3 aliphatic rings. The third-order valence-corrected chi connectivity index (χ3v) is 5.97. The highest BCUT2D eigenvalue weighted by atomic mass is 19.1. The number of amides is 1. The molecule has 2 aliphatic heterocycles. The first-order valence-electron chi connectivity index (χ1n) is 8.96. The van der Waals surface area contributed by atoms with Gasteiger partial charge < -0.3 is 4.90 Å². The maximum Gasteiger partial charge on any atom is 0.253 e. The Morgan fingerprint density at radius 3 is 2.65 bits per heavy atom. The van der Waals surface area contributed by atoms with Crippen molar-refractivity contribution in [2.75, 3.05) is 26.2 Å². The van der Waals surface area contributed by atoms with Crippen molar-refractivity contribution in [1.82, 2.24) is 9.80 Å². The largest absolute Gasteiger partial charge is 0.339 e. The summed E-state index contributed by atoms with van der Waals surface area (Å²) in [5.74, 6) is 0.568. The molecule has 0 unspecified atom stereocenters. The molecule has 0 aromatic heterocycles. The molecule has 1 aromatic rings. The summed E-state index contributed by atoms with van der Waals surface area (Å²) < 4.78 is 13.3. The molecular weight excluding hydrogens is 291 g/mol. The highest BCUT2D eigenvalue weighted by molar-refractivity contribution is 5.94. The van der Waals surface area contributed by atoms with E-state index in [0.717, 1.165) is 31.8 Å². The molecule has 4 heteroatoms. The average molecular weight is 316 g/mol. The van der Waals surface area contributed by atoms with Crippen LogP contribution in [0.15, 0.2) is 24.3 Å². The molecule has 1 aliphatic carbocycles. The number of piperidine rings is 1. The monoisotopic (exact) mass is 316 g/mol. The van der Waals surface area contributed by atoms with Gasteiger partial charge >= 0.3 is 0 Å². The predicted molar refractivity (Wildman–Crippen MR) is 87.8 cm³/mol. The van der Waals surface area contributed by atoms with E-state index in [9.17, 15) is 9.18 Å². The first-order valence-corrected chi connectivity index (χ1v) is 8.96. The second-order valence-electron chi connectivity index (χ2n) is 7.52. The Balaban J connectivity index is 1.41. The van der Waals surface area contributed by atoms with Gasteiger partial charge in [0, 0.05) is 30.7 Å². The predicted octanol–water partition coefficient (Wildman–Crippen LogP) is 3.31. The Morgan fingerprint density at radius 1 is 1.17 bits per heavy atom. The van der Waals surface area contributed by atoms with Gasteiger partial charge in [0.2, 0.25) is 0 Å². The third-order valence-electron chi connectivity index (χ3n) is 5.97. The lowest BCUT2D eigenvalue weighted by atomic mass is 9.84. The molecule has 1 saturated carbocycles. The summed E-state index contributed by atoms with van der Waals surface area (Å²) in [5, 5.41) is 0. The van der Waals surface area contributed by atoms with Crippen LogP contribution in [0.4, 0.5) is 4.39 Å². The smallest absolute Gasteiger partial charge is 0.253 e. The summed E-state index contributed by atoms with van der Waals surface area (Å²) >= 11 is 0. The van der Waals surface area contributed by atoms with E-state index in [0.29, 0.717) is 11.1 Å². The maximum atomic E-state index is 13.3. The van der Waals surface area contributed by atoms with Crippen LogP contribution in [-0.2, 0) is 0 Å². The zero-order chi connectivity index (χ0) is 15.9. The van der Waals surface area contributed by atoms with E-state index in [-0.39, 0.29) is 11.7 Å². The molecule has 0 atom stereocenters. The van der Waals surface area contributed by atoms with Gasteiger partial charge in [0.05, 0.1) is 0 Å². The number of carbonyl (C=O) groups is 1. The fourth-order valence-corrected chi connectivity index (χ4v) is 4.39. The summed E-state index contributed by atoms with van der Waals surface area (Å²) in [7, 11) is 0. The summed E-state index contributed by atoms with van der Waals surface area (Å²) in [6, 6.07) is 6.06. The van der Waals surface area contributed by atoms with E-state index in [2.05, 4.69) is 4.90 Å². The number of hydrogen-bond donors (Lipinski definition) is 0. The molecule has 1 spiro atoms. The lowest BCUT2D eigenvalue weighted by Crippen LogP contribution is -2.53. The van der Waals surface area contributed by atoms with Gasteiger partial charge in [-0.2, -0.15) is 0 Å². The number of nitrogens with zero attached hydrogens (tertiary/aromatic N) is 2. The number of benzene rings is 1. The van der Waals surface area contributed by atoms with Gasteiger partial charge in [-0.3, -0.25) is 9.69 Å². The summed E-state index contributed by atoms with van der Waals surface area (Å²) in [4.78, 5) is 17.2. The van der Waals surface area contributed by atoms with E-state index in [4.69, 9.17) is 0 Å². The molecule has 124 valence electrons. The van der Waals surface area contributed by atoms with Crippen LogP contribution in [0.1, 0.15) is 48.9 Å². The van der Waals surface area contributed by atoms with Gasteiger partial charge in [-0.05, 0) is 69.2 Å². The second kappa shape index (κ2) is 5.90. The topological polar surface area (TPSA) is 23.6 Å². The van der Waals surface area contributed by atoms with Gasteiger partial charge in [0.15, 0.2) is 0 Å². The molecule has 2 saturated heterocycles. The number of likely N-dealkylation sites (tertiary alicyclic amines) is 2. The van der Waals surface area contributed by atoms with Gasteiger partial charge in [-0.25, -0.2) is 4.39 Å². The lowest BCUT2D eigenvalue weighted by molar-refractivity contribution is 0.0396. The number of halogens is 1. The summed E-state index contributed by atoms with van der Waals surface area (Å²) in [5.41, 5.74) is 0.809. The minimum atomic E-state index is -0.337. The Labute approximate surface area is 137 Å². The Morgan fingerprint density at radius 2 is 1.96 bits per heavy atom. The lowest BCUT2D eigenvalue weighted by Gasteiger charge is -2.45. The fraction of sp³-hybridized carbons (Fsp3) is 0.632. The number of rotatable bonds is 3. The highest BCUT2D eigenvalue weighted by Crippen LogP contribution is 2.41. The van der Waals surface area contributed by atoms with Crippen molar-refractivity contribution in [2.45, 2.75) is 44.1 Å². The molecular formula is C19H25FN2O. The van der Waals surface area contributed by atoms with Crippen LogP contribution in [0.25, 0.3) is 0 Å². The van der Waals surface area contributed by atoms with E-state index in [1.54, 1.807) is 12.1 Å². The zero-order valence-corrected chi connectivity index (χ0v) is 13.6. The van der Waals surface area contributed by atoms with Crippen molar-refractivity contribution >= 4 is 5.91 Å². The second-order valence-corrected chi connectivity index (χ2v) is 7.52. The quantitative estimate of drug-likeness (QED) is 0.854. The Bertz CT molecular complexity index is 591. The maximum absolute atomic E-state index is 13.3. The Kier molecular flexibility index (Phi) is 3.88. The Hall–Kier alpha value is -1.42. The molecule has 3 nitrogen and oxygen atoms in total. The number of hydrogen-bond acceptors (Lipinski definition) is 2. The van der Waals surface area contributed by atoms with E-state index in [1.807, 2.05) is 4.90 Å². The van der Waals surface area contributed by atoms with Crippen molar-refractivity contribution in [1.29, 1.82) is 0 Å². The normalized spacial score (nSPS) is 24.3. The van der Waals surface area contributed by atoms with Crippen molar-refractivity contribution in [2.24, 2.45) is 5.92 Å². The van der Waals surface area contributed by atoms with Gasteiger partial charge in [0.25, 0.3) is 5.91 Å². The van der Waals surface area contributed by atoms with E-state index < -0.39 is 0 Å². The van der Waals surface area contributed by atoms with Crippen LogP contribution < -0.4 is 0 Å². The van der Waals surface area contributed by atoms with Crippen molar-refractivity contribution in [3.05, 3.63) is 35.6 Å². The van der Waals surface area contributed by atoms with Gasteiger partial charge in [-0.1, -0.05) is 6.07 Å². The van der Waals surface area contributed by atoms with Crippen molar-refractivity contribution in [3.63, 3.8) is 0 Å². The van der Waals surface area contributed by atoms with Crippen LogP contribution in [0, 0.1) is 11.7 Å². The van der Waals surface area contributed by atoms with Crippen molar-refractivity contribution in [3.8, 4) is 0 Å². The molecule has 0 radical (unpaired) electrons. The molecule has 0 bridgehead atoms. The molecule has 3 fully saturated rings. The van der Waals surface area contributed by atoms with Crippen LogP contribution >= 0.6 is 0 Å². The third kappa shape index (κ3) is 3.01. The van der Waals surface area contributed by atoms with E-state index in [1.165, 1.54) is 50.9 Å². The summed E-state index contributed by atoms with van der Waals surface area (Å²) in [6.07, 6.45) is 7.52. The van der Waals surface area contributed by atoms with Crippen LogP contribution in [0.2, 0.25) is 0 Å². The zero-order valence-electron chi connectivity index (χ0n) is 13.6. The first kappa shape index (κ1) is 15.1. The molecule has 1 aromatic carbocycles. The molecule has 23 heavy (non-hydrogen) atoms. The van der Waals surface area contributed by atoms with Crippen LogP contribution in [-0.4, -0.2) is 47.4 Å². The standard InChI is InChI=1S/C19H25FN2O/c20-17-4-1-3-16(13-17)18(23)21-11-8-19(9-12-21)7-2-10-22(19)14-15-5-6-15/h1,3-4,13,15H,2,5-12,14H2.